The minimum Gasteiger partial charge on any atom is -0.444 e. The Hall–Kier alpha value is -2.39. The van der Waals surface area contributed by atoms with Gasteiger partial charge in [-0.05, 0) is 58.1 Å². The Bertz CT molecular complexity index is 646. The fourth-order valence-corrected chi connectivity index (χ4v) is 2.15. The normalized spacial score (nSPS) is 11.9. The summed E-state index contributed by atoms with van der Waals surface area (Å²) < 4.78 is 10.2. The summed E-state index contributed by atoms with van der Waals surface area (Å²) in [5.41, 5.74) is 5.29. The molecule has 0 fully saturated rings. The number of carbonyl (C=O) groups excluding carboxylic acids is 2. The first-order chi connectivity index (χ1) is 12.1. The van der Waals surface area contributed by atoms with Crippen LogP contribution in [0.15, 0.2) is 24.3 Å². The molecule has 0 heterocycles. The van der Waals surface area contributed by atoms with Gasteiger partial charge in [0.05, 0.1) is 6.61 Å². The number of anilines is 1. The van der Waals surface area contributed by atoms with Gasteiger partial charge in [-0.15, -0.1) is 0 Å². The molecule has 26 heavy (non-hydrogen) atoms. The summed E-state index contributed by atoms with van der Waals surface area (Å²) in [6.07, 6.45) is -0.592. The monoisotopic (exact) mass is 382 g/mol. The van der Waals surface area contributed by atoms with Crippen molar-refractivity contribution in [3.05, 3.63) is 29.8 Å². The molecule has 4 N–H and O–H groups in total. The lowest BCUT2D eigenvalue weighted by molar-refractivity contribution is 0.0635. The zero-order valence-corrected chi connectivity index (χ0v) is 16.5. The van der Waals surface area contributed by atoms with E-state index in [-0.39, 0.29) is 11.2 Å². The molecule has 0 radical (unpaired) electrons. The van der Waals surface area contributed by atoms with E-state index in [9.17, 15) is 9.59 Å². The smallest absolute Gasteiger partial charge is 0.412 e. The first-order valence-electron chi connectivity index (χ1n) is 8.06. The van der Waals surface area contributed by atoms with Crippen LogP contribution in [0.4, 0.5) is 10.5 Å². The van der Waals surface area contributed by atoms with Gasteiger partial charge in [0.2, 0.25) is 0 Å². The Labute approximate surface area is 159 Å². The van der Waals surface area contributed by atoms with E-state index < -0.39 is 17.6 Å². The molecular formula is C17H26N4O4S. The van der Waals surface area contributed by atoms with Crippen LogP contribution in [0.3, 0.4) is 0 Å². The molecule has 0 saturated heterocycles. The summed E-state index contributed by atoms with van der Waals surface area (Å²) in [5.74, 6) is -0.401. The molecule has 1 rings (SSSR count). The van der Waals surface area contributed by atoms with Crippen molar-refractivity contribution < 1.29 is 19.1 Å². The van der Waals surface area contributed by atoms with Gasteiger partial charge in [0.1, 0.15) is 5.60 Å². The number of amides is 2. The van der Waals surface area contributed by atoms with Crippen molar-refractivity contribution in [2.24, 2.45) is 0 Å². The summed E-state index contributed by atoms with van der Waals surface area (Å²) in [7, 11) is 1.59. The van der Waals surface area contributed by atoms with Gasteiger partial charge in [0.15, 0.2) is 5.11 Å². The maximum Gasteiger partial charge on any atom is 0.412 e. The third-order valence-electron chi connectivity index (χ3n) is 2.85. The second kappa shape index (κ2) is 9.93. The van der Waals surface area contributed by atoms with Crippen LogP contribution in [0.5, 0.6) is 0 Å². The van der Waals surface area contributed by atoms with E-state index in [4.69, 9.17) is 21.7 Å². The fourth-order valence-electron chi connectivity index (χ4n) is 1.90. The summed E-state index contributed by atoms with van der Waals surface area (Å²) in [5, 5.41) is 5.81. The van der Waals surface area contributed by atoms with Crippen LogP contribution >= 0.6 is 12.2 Å². The Morgan fingerprint density at radius 2 is 1.92 bits per heavy atom. The number of ether oxygens (including phenoxy) is 2. The molecule has 0 bridgehead atoms. The quantitative estimate of drug-likeness (QED) is 0.457. The molecule has 0 unspecified atom stereocenters. The van der Waals surface area contributed by atoms with E-state index in [0.717, 1.165) is 0 Å². The van der Waals surface area contributed by atoms with Gasteiger partial charge in [-0.25, -0.2) is 4.79 Å². The molecule has 1 atom stereocenters. The van der Waals surface area contributed by atoms with Gasteiger partial charge in [0.25, 0.3) is 5.91 Å². The lowest BCUT2D eigenvalue weighted by Gasteiger charge is -2.19. The van der Waals surface area contributed by atoms with Crippen LogP contribution in [-0.2, 0) is 9.47 Å². The average molecular weight is 382 g/mol. The second-order valence-electron chi connectivity index (χ2n) is 6.62. The van der Waals surface area contributed by atoms with E-state index in [0.29, 0.717) is 17.9 Å². The van der Waals surface area contributed by atoms with Crippen molar-refractivity contribution in [1.82, 2.24) is 16.2 Å². The van der Waals surface area contributed by atoms with Crippen molar-refractivity contribution in [2.75, 3.05) is 19.0 Å². The first kappa shape index (κ1) is 21.7. The molecule has 0 spiro atoms. The molecule has 0 aliphatic heterocycles. The van der Waals surface area contributed by atoms with E-state index in [2.05, 4.69) is 21.5 Å². The van der Waals surface area contributed by atoms with Crippen LogP contribution < -0.4 is 21.5 Å². The SMILES string of the molecule is COC[C@H](C)NC(=S)NNC(=O)c1cccc(NC(=O)OC(C)(C)C)c1. The average Bonchev–Trinajstić information content (AvgIpc) is 2.51. The highest BCUT2D eigenvalue weighted by molar-refractivity contribution is 7.80. The number of hydrogen-bond donors (Lipinski definition) is 4. The molecular weight excluding hydrogens is 356 g/mol. The molecule has 9 heteroatoms. The molecule has 0 aromatic heterocycles. The number of rotatable bonds is 5. The zero-order valence-electron chi connectivity index (χ0n) is 15.6. The number of thiocarbonyl (C=S) groups is 1. The maximum atomic E-state index is 12.2. The second-order valence-corrected chi connectivity index (χ2v) is 7.02. The summed E-state index contributed by atoms with van der Waals surface area (Å²) >= 11 is 5.08. The third kappa shape index (κ3) is 8.63. The van der Waals surface area contributed by atoms with Crippen molar-refractivity contribution in [1.29, 1.82) is 0 Å². The third-order valence-corrected chi connectivity index (χ3v) is 3.07. The molecule has 1 aromatic carbocycles. The van der Waals surface area contributed by atoms with Gasteiger partial charge < -0.3 is 14.8 Å². The Balaban J connectivity index is 2.57. The van der Waals surface area contributed by atoms with Crippen molar-refractivity contribution >= 4 is 35.0 Å². The highest BCUT2D eigenvalue weighted by Crippen LogP contribution is 2.13. The summed E-state index contributed by atoms with van der Waals surface area (Å²) in [6.45, 7) is 7.69. The van der Waals surface area contributed by atoms with E-state index in [1.165, 1.54) is 6.07 Å². The van der Waals surface area contributed by atoms with Crippen molar-refractivity contribution in [2.45, 2.75) is 39.3 Å². The minimum atomic E-state index is -0.606. The minimum absolute atomic E-state index is 0.00161. The van der Waals surface area contributed by atoms with Gasteiger partial charge in [0, 0.05) is 24.4 Å². The molecule has 2 amide bonds. The molecule has 0 aliphatic rings. The highest BCUT2D eigenvalue weighted by Gasteiger charge is 2.16. The lowest BCUT2D eigenvalue weighted by Crippen LogP contribution is -2.49. The predicted octanol–water partition coefficient (Wildman–Crippen LogP) is 2.18. The van der Waals surface area contributed by atoms with Crippen LogP contribution in [0.2, 0.25) is 0 Å². The van der Waals surface area contributed by atoms with Crippen LogP contribution in [0, 0.1) is 0 Å². The van der Waals surface area contributed by atoms with Crippen LogP contribution in [-0.4, -0.2) is 42.5 Å². The van der Waals surface area contributed by atoms with Gasteiger partial charge in [-0.2, -0.15) is 0 Å². The largest absolute Gasteiger partial charge is 0.444 e. The predicted molar refractivity (Wildman–Crippen MR) is 104 cm³/mol. The molecule has 0 saturated carbocycles. The van der Waals surface area contributed by atoms with Gasteiger partial charge >= 0.3 is 6.09 Å². The van der Waals surface area contributed by atoms with Gasteiger partial charge in [-0.1, -0.05) is 6.07 Å². The van der Waals surface area contributed by atoms with Crippen molar-refractivity contribution in [3.63, 3.8) is 0 Å². The number of hydrogen-bond acceptors (Lipinski definition) is 5. The summed E-state index contributed by atoms with van der Waals surface area (Å²) in [6, 6.07) is 6.45. The first-order valence-corrected chi connectivity index (χ1v) is 8.47. The van der Waals surface area contributed by atoms with E-state index in [1.54, 1.807) is 46.1 Å². The highest BCUT2D eigenvalue weighted by atomic mass is 32.1. The molecule has 0 aliphatic carbocycles. The zero-order chi connectivity index (χ0) is 19.7. The van der Waals surface area contributed by atoms with Crippen LogP contribution in [0.25, 0.3) is 0 Å². The number of carbonyl (C=O) groups is 2. The number of benzene rings is 1. The number of methoxy groups -OCH3 is 1. The lowest BCUT2D eigenvalue weighted by atomic mass is 10.2. The Morgan fingerprint density at radius 1 is 1.23 bits per heavy atom. The number of nitrogens with one attached hydrogen (secondary N) is 4. The standard InChI is InChI=1S/C17H26N4O4S/c1-11(10-24-5)18-15(26)21-20-14(22)12-7-6-8-13(9-12)19-16(23)25-17(2,3)4/h6-9,11H,10H2,1-5H3,(H,19,23)(H,20,22)(H2,18,21,26)/t11-/m0/s1. The molecule has 1 aromatic rings. The van der Waals surface area contributed by atoms with Gasteiger partial charge in [-0.3, -0.25) is 21.0 Å². The van der Waals surface area contributed by atoms with Crippen LogP contribution in [0.1, 0.15) is 38.1 Å². The van der Waals surface area contributed by atoms with Crippen molar-refractivity contribution in [3.8, 4) is 0 Å². The van der Waals surface area contributed by atoms with E-state index >= 15 is 0 Å². The number of hydrazine groups is 1. The maximum absolute atomic E-state index is 12.2. The Morgan fingerprint density at radius 3 is 2.54 bits per heavy atom. The summed E-state index contributed by atoms with van der Waals surface area (Å²) in [4.78, 5) is 24.0. The topological polar surface area (TPSA) is 101 Å². The van der Waals surface area contributed by atoms with E-state index in [1.807, 2.05) is 6.92 Å². The Kier molecular flexibility index (Phi) is 8.27. The fraction of sp³-hybridized carbons (Fsp3) is 0.471. The molecule has 8 nitrogen and oxygen atoms in total. The molecule has 144 valence electrons.